The molecule has 6 nitrogen and oxygen atoms in total. The lowest BCUT2D eigenvalue weighted by atomic mass is 10.0. The monoisotopic (exact) mass is 504 g/mol. The first-order chi connectivity index (χ1) is 15.7. The number of carbonyl (C=O) groups is 1. The van der Waals surface area contributed by atoms with Gasteiger partial charge in [-0.3, -0.25) is 9.52 Å². The van der Waals surface area contributed by atoms with Crippen LogP contribution in [0.5, 0.6) is 5.75 Å². The number of carbonyl (C=O) groups excluding carboxylic acids is 1. The van der Waals surface area contributed by atoms with Gasteiger partial charge in [-0.05, 0) is 68.1 Å². The first-order valence-electron chi connectivity index (χ1n) is 10.6. The summed E-state index contributed by atoms with van der Waals surface area (Å²) < 4.78 is 84.5. The molecule has 2 aromatic rings. The van der Waals surface area contributed by atoms with Crippen molar-refractivity contribution in [1.82, 2.24) is 5.32 Å². The van der Waals surface area contributed by atoms with Crippen LogP contribution in [0.25, 0.3) is 0 Å². The predicted octanol–water partition coefficient (Wildman–Crippen LogP) is 5.12. The number of alkyl halides is 3. The zero-order chi connectivity index (χ0) is 25.8. The molecule has 0 fully saturated rings. The number of anilines is 1. The average molecular weight is 505 g/mol. The average Bonchev–Trinajstić information content (AvgIpc) is 2.72. The molecule has 0 aromatic heterocycles. The van der Waals surface area contributed by atoms with Crippen molar-refractivity contribution < 1.29 is 35.5 Å². The molecule has 0 saturated carbocycles. The lowest BCUT2D eigenvalue weighted by Gasteiger charge is -2.23. The van der Waals surface area contributed by atoms with E-state index in [-0.39, 0.29) is 29.8 Å². The van der Waals surface area contributed by atoms with Crippen LogP contribution in [-0.4, -0.2) is 26.7 Å². The Bertz CT molecular complexity index is 1150. The highest BCUT2D eigenvalue weighted by Gasteiger charge is 2.31. The zero-order valence-electron chi connectivity index (χ0n) is 19.5. The third-order valence-corrected chi connectivity index (χ3v) is 5.76. The van der Waals surface area contributed by atoms with E-state index in [1.165, 1.54) is 12.1 Å². The van der Waals surface area contributed by atoms with E-state index in [9.17, 15) is 30.8 Å². The van der Waals surface area contributed by atoms with Crippen molar-refractivity contribution in [2.75, 3.05) is 11.0 Å². The summed E-state index contributed by atoms with van der Waals surface area (Å²) in [5.74, 6) is -1.11. The van der Waals surface area contributed by atoms with E-state index >= 15 is 0 Å². The molecule has 0 aliphatic heterocycles. The molecule has 0 heterocycles. The fraction of sp³-hybridized carbons (Fsp3) is 0.435. The van der Waals surface area contributed by atoms with Crippen molar-refractivity contribution in [2.24, 2.45) is 0 Å². The molecule has 2 unspecified atom stereocenters. The number of sulfonamides is 1. The molecule has 0 aliphatic carbocycles. The van der Waals surface area contributed by atoms with Crippen LogP contribution in [0, 0.1) is 12.7 Å². The van der Waals surface area contributed by atoms with Gasteiger partial charge in [0.2, 0.25) is 10.0 Å². The summed E-state index contributed by atoms with van der Waals surface area (Å²) >= 11 is 0. The van der Waals surface area contributed by atoms with Crippen LogP contribution in [-0.2, 0) is 27.4 Å². The molecular weight excluding hydrogens is 476 g/mol. The summed E-state index contributed by atoms with van der Waals surface area (Å²) in [6, 6.07) is 4.77. The smallest absolute Gasteiger partial charge is 0.416 e. The molecule has 11 heteroatoms. The van der Waals surface area contributed by atoms with E-state index in [2.05, 4.69) is 10.0 Å². The van der Waals surface area contributed by atoms with E-state index in [1.807, 2.05) is 0 Å². The van der Waals surface area contributed by atoms with Crippen molar-refractivity contribution in [3.8, 4) is 5.75 Å². The normalized spacial score (nSPS) is 13.8. The molecule has 2 N–H and O–H groups in total. The first kappa shape index (κ1) is 27.4. The minimum absolute atomic E-state index is 0.0893. The van der Waals surface area contributed by atoms with Gasteiger partial charge in [0.05, 0.1) is 23.5 Å². The number of nitrogens with one attached hydrogen (secondary N) is 2. The lowest BCUT2D eigenvalue weighted by Crippen LogP contribution is -2.39. The Balaban J connectivity index is 2.20. The summed E-state index contributed by atoms with van der Waals surface area (Å²) in [5, 5.41) is 2.65. The van der Waals surface area contributed by atoms with E-state index in [0.717, 1.165) is 24.5 Å². The zero-order valence-corrected chi connectivity index (χ0v) is 20.3. The maximum absolute atomic E-state index is 14.7. The molecule has 0 bridgehead atoms. The second-order valence-electron chi connectivity index (χ2n) is 7.98. The predicted molar refractivity (Wildman–Crippen MR) is 122 cm³/mol. The van der Waals surface area contributed by atoms with Crippen LogP contribution in [0.4, 0.5) is 23.2 Å². The molecule has 0 saturated heterocycles. The molecule has 0 spiro atoms. The first-order valence-corrected chi connectivity index (χ1v) is 12.5. The lowest BCUT2D eigenvalue weighted by molar-refractivity contribution is -0.137. The second kappa shape index (κ2) is 10.6. The van der Waals surface area contributed by atoms with Crippen molar-refractivity contribution in [1.29, 1.82) is 0 Å². The molecule has 2 rings (SSSR count). The molecule has 2 atom stereocenters. The molecule has 188 valence electrons. The van der Waals surface area contributed by atoms with Gasteiger partial charge >= 0.3 is 6.18 Å². The summed E-state index contributed by atoms with van der Waals surface area (Å²) in [6.45, 7) is 6.52. The van der Waals surface area contributed by atoms with Gasteiger partial charge in [0, 0.05) is 5.56 Å². The number of rotatable bonds is 9. The number of halogens is 4. The van der Waals surface area contributed by atoms with E-state index in [4.69, 9.17) is 4.74 Å². The molecule has 34 heavy (non-hydrogen) atoms. The van der Waals surface area contributed by atoms with Gasteiger partial charge in [-0.2, -0.15) is 13.2 Å². The number of hydrogen-bond acceptors (Lipinski definition) is 4. The number of benzene rings is 2. The van der Waals surface area contributed by atoms with Gasteiger partial charge in [0.15, 0.2) is 6.10 Å². The minimum Gasteiger partial charge on any atom is -0.480 e. The third-order valence-electron chi connectivity index (χ3n) is 5.17. The van der Waals surface area contributed by atoms with Gasteiger partial charge in [-0.1, -0.05) is 13.8 Å². The molecule has 0 aliphatic rings. The molecule has 2 aromatic carbocycles. The SMILES string of the molecule is CCc1cc(C(F)(F)F)ccc1OC(CC)C(=O)NC(C)c1cc(C)c(NS(C)(=O)=O)cc1F. The van der Waals surface area contributed by atoms with Crippen molar-refractivity contribution in [3.05, 3.63) is 58.4 Å². The summed E-state index contributed by atoms with van der Waals surface area (Å²) in [4.78, 5) is 12.8. The number of ether oxygens (including phenoxy) is 1. The van der Waals surface area contributed by atoms with Crippen molar-refractivity contribution in [3.63, 3.8) is 0 Å². The maximum Gasteiger partial charge on any atom is 0.416 e. The van der Waals surface area contributed by atoms with Crippen LogP contribution in [0.15, 0.2) is 30.3 Å². The number of amides is 1. The highest BCUT2D eigenvalue weighted by Crippen LogP contribution is 2.33. The van der Waals surface area contributed by atoms with Crippen LogP contribution < -0.4 is 14.8 Å². The molecule has 1 amide bonds. The Morgan fingerprint density at radius 2 is 1.79 bits per heavy atom. The van der Waals surface area contributed by atoms with Crippen LogP contribution in [0.3, 0.4) is 0 Å². The summed E-state index contributed by atoms with van der Waals surface area (Å²) in [6.07, 6.45) is -4.06. The standard InChI is InChI=1S/C23H28F4N2O4S/c1-6-15-11-16(23(25,26)27)8-9-21(15)33-20(7-2)22(30)28-14(4)17-10-13(3)19(12-18(17)24)29-34(5,31)32/h8-12,14,20,29H,6-7H2,1-5H3,(H,28,30). The Hall–Kier alpha value is -2.82. The van der Waals surface area contributed by atoms with Gasteiger partial charge in [0.25, 0.3) is 5.91 Å². The van der Waals surface area contributed by atoms with E-state index in [1.54, 1.807) is 27.7 Å². The quantitative estimate of drug-likeness (QED) is 0.464. The fourth-order valence-corrected chi connectivity index (χ4v) is 3.97. The van der Waals surface area contributed by atoms with Crippen molar-refractivity contribution in [2.45, 2.75) is 58.9 Å². The Labute approximate surface area is 196 Å². The van der Waals surface area contributed by atoms with Crippen LogP contribution in [0.2, 0.25) is 0 Å². The van der Waals surface area contributed by atoms with Gasteiger partial charge in [-0.15, -0.1) is 0 Å². The topological polar surface area (TPSA) is 84.5 Å². The Morgan fingerprint density at radius 3 is 2.32 bits per heavy atom. The molecular formula is C23H28F4N2O4S. The van der Waals surface area contributed by atoms with Crippen LogP contribution >= 0.6 is 0 Å². The third kappa shape index (κ3) is 7.09. The highest BCUT2D eigenvalue weighted by atomic mass is 32.2. The minimum atomic E-state index is -4.49. The van der Waals surface area contributed by atoms with Gasteiger partial charge in [-0.25, -0.2) is 12.8 Å². The summed E-state index contributed by atoms with van der Waals surface area (Å²) in [5.41, 5.74) is 0.200. The van der Waals surface area contributed by atoms with Gasteiger partial charge in [0.1, 0.15) is 11.6 Å². The van der Waals surface area contributed by atoms with Gasteiger partial charge < -0.3 is 10.1 Å². The fourth-order valence-electron chi connectivity index (χ4n) is 3.35. The highest BCUT2D eigenvalue weighted by molar-refractivity contribution is 7.92. The Morgan fingerprint density at radius 1 is 1.15 bits per heavy atom. The number of hydrogen-bond donors (Lipinski definition) is 2. The van der Waals surface area contributed by atoms with Crippen molar-refractivity contribution >= 4 is 21.6 Å². The van der Waals surface area contributed by atoms with Crippen LogP contribution in [0.1, 0.15) is 55.5 Å². The van der Waals surface area contributed by atoms with E-state index in [0.29, 0.717) is 11.1 Å². The Kier molecular flexibility index (Phi) is 8.57. The summed E-state index contributed by atoms with van der Waals surface area (Å²) in [7, 11) is -3.60. The number of aryl methyl sites for hydroxylation is 2. The van der Waals surface area contributed by atoms with E-state index < -0.39 is 45.6 Å². The largest absolute Gasteiger partial charge is 0.480 e. The molecule has 0 radical (unpaired) electrons. The maximum atomic E-state index is 14.7. The second-order valence-corrected chi connectivity index (χ2v) is 9.73.